The fourth-order valence-electron chi connectivity index (χ4n) is 9.98. The Morgan fingerprint density at radius 3 is 2.45 bits per heavy atom. The molecule has 9 rings (SSSR count). The van der Waals surface area contributed by atoms with E-state index in [1.807, 2.05) is 19.9 Å². The molecule has 64 heavy (non-hydrogen) atoms. The Labute approximate surface area is 373 Å². The molecule has 5 amide bonds. The standard InChI is InChI=1S/C45H50ClFN10O7/c1-25(2)56-31-8-7-30(38(47)28(31)19-34(42(56)62)64-22-36(59)48-3)50-39-29(46)20-49-44(52-39)54-17-15-53(16-18-54)21-26-11-13-45(14-12-26)23-55(24-45)32-6-4-5-27-37(32)43(63)57(41(27)61)33-9-10-35(58)51-40(33)60/h4-8,19-20,25-26,33H,9-18,21-24H2,1-3H3,(H,48,59)(H,49,50,52)(H,51,58,60). The highest BCUT2D eigenvalue weighted by Crippen LogP contribution is 2.49. The number of fused-ring (bicyclic) bond motifs is 2. The molecule has 1 saturated carbocycles. The number of piperidine rings is 1. The lowest BCUT2D eigenvalue weighted by molar-refractivity contribution is -0.136. The lowest BCUT2D eigenvalue weighted by Gasteiger charge is -2.55. The van der Waals surface area contributed by atoms with Gasteiger partial charge in [0.2, 0.25) is 17.8 Å². The fraction of sp³-hybridized carbons (Fsp3) is 0.467. The van der Waals surface area contributed by atoms with Crippen molar-refractivity contribution >= 4 is 75.2 Å². The largest absolute Gasteiger partial charge is 0.478 e. The number of pyridine rings is 1. The van der Waals surface area contributed by atoms with Crippen molar-refractivity contribution in [1.29, 1.82) is 0 Å². The average molecular weight is 897 g/mol. The molecule has 1 aliphatic carbocycles. The summed E-state index contributed by atoms with van der Waals surface area (Å²) in [5.74, 6) is -1.93. The molecule has 6 heterocycles. The van der Waals surface area contributed by atoms with E-state index in [1.165, 1.54) is 29.9 Å². The second-order valence-electron chi connectivity index (χ2n) is 17.8. The maximum Gasteiger partial charge on any atom is 0.293 e. The predicted octanol–water partition coefficient (Wildman–Crippen LogP) is 4.25. The number of likely N-dealkylation sites (N-methyl/N-ethyl adjacent to an activating group) is 1. The number of nitrogens with zero attached hydrogens (tertiary/aromatic N) is 7. The predicted molar refractivity (Wildman–Crippen MR) is 237 cm³/mol. The first-order valence-electron chi connectivity index (χ1n) is 21.8. The number of hydrogen-bond acceptors (Lipinski definition) is 13. The lowest BCUT2D eigenvalue weighted by Crippen LogP contribution is -2.58. The number of nitrogens with one attached hydrogen (secondary N) is 3. The van der Waals surface area contributed by atoms with Crippen molar-refractivity contribution < 1.29 is 33.1 Å². The summed E-state index contributed by atoms with van der Waals surface area (Å²) in [7, 11) is 1.46. The number of anilines is 4. The molecule has 1 spiro atoms. The molecule has 2 aromatic heterocycles. The summed E-state index contributed by atoms with van der Waals surface area (Å²) in [5, 5.41) is 8.07. The first-order chi connectivity index (χ1) is 30.7. The average Bonchev–Trinajstić information content (AvgIpc) is 3.52. The van der Waals surface area contributed by atoms with Gasteiger partial charge in [-0.15, -0.1) is 0 Å². The van der Waals surface area contributed by atoms with Crippen LogP contribution in [0.1, 0.15) is 79.1 Å². The van der Waals surface area contributed by atoms with E-state index in [1.54, 1.807) is 18.2 Å². The van der Waals surface area contributed by atoms with Crippen molar-refractivity contribution in [3.05, 3.63) is 74.9 Å². The number of aromatic nitrogens is 3. The van der Waals surface area contributed by atoms with Gasteiger partial charge in [0.1, 0.15) is 11.1 Å². The van der Waals surface area contributed by atoms with E-state index in [-0.39, 0.29) is 52.0 Å². The summed E-state index contributed by atoms with van der Waals surface area (Å²) in [5.41, 5.74) is 1.52. The molecule has 336 valence electrons. The number of carbonyl (C=O) groups excluding carboxylic acids is 5. The van der Waals surface area contributed by atoms with Gasteiger partial charge in [0, 0.05) is 76.1 Å². The number of ether oxygens (including phenoxy) is 1. The lowest BCUT2D eigenvalue weighted by atomic mass is 9.65. The maximum absolute atomic E-state index is 16.2. The van der Waals surface area contributed by atoms with E-state index >= 15 is 4.39 Å². The highest BCUT2D eigenvalue weighted by atomic mass is 35.5. The van der Waals surface area contributed by atoms with Crippen LogP contribution in [0.5, 0.6) is 5.75 Å². The van der Waals surface area contributed by atoms with Crippen LogP contribution in [0.15, 0.2) is 47.4 Å². The highest BCUT2D eigenvalue weighted by Gasteiger charge is 2.50. The Morgan fingerprint density at radius 2 is 1.75 bits per heavy atom. The third kappa shape index (κ3) is 7.90. The number of amides is 5. The van der Waals surface area contributed by atoms with E-state index < -0.39 is 53.6 Å². The van der Waals surface area contributed by atoms with Gasteiger partial charge in [0.25, 0.3) is 23.3 Å². The van der Waals surface area contributed by atoms with Crippen LogP contribution >= 0.6 is 11.6 Å². The Hall–Kier alpha value is -6.14. The van der Waals surface area contributed by atoms with E-state index in [0.717, 1.165) is 69.0 Å². The van der Waals surface area contributed by atoms with Crippen molar-refractivity contribution in [2.24, 2.45) is 11.3 Å². The summed E-state index contributed by atoms with van der Waals surface area (Å²) < 4.78 is 23.2. The molecule has 1 unspecified atom stereocenters. The molecule has 19 heteroatoms. The molecule has 2 aromatic carbocycles. The van der Waals surface area contributed by atoms with Crippen LogP contribution in [0.3, 0.4) is 0 Å². The zero-order valence-electron chi connectivity index (χ0n) is 35.9. The minimum Gasteiger partial charge on any atom is -0.478 e. The molecular formula is C45H50ClFN10O7. The van der Waals surface area contributed by atoms with E-state index in [9.17, 15) is 28.8 Å². The summed E-state index contributed by atoms with van der Waals surface area (Å²) in [6.07, 6.45) is 6.05. The highest BCUT2D eigenvalue weighted by molar-refractivity contribution is 6.33. The minimum atomic E-state index is -0.995. The normalized spacial score (nSPS) is 20.2. The van der Waals surface area contributed by atoms with Crippen molar-refractivity contribution in [3.8, 4) is 5.75 Å². The van der Waals surface area contributed by atoms with Crippen molar-refractivity contribution in [3.63, 3.8) is 0 Å². The first-order valence-corrected chi connectivity index (χ1v) is 22.2. The molecule has 3 saturated heterocycles. The van der Waals surface area contributed by atoms with Gasteiger partial charge in [0.05, 0.1) is 34.2 Å². The molecule has 3 N–H and O–H groups in total. The van der Waals surface area contributed by atoms with Crippen molar-refractivity contribution in [1.82, 2.24) is 35.0 Å². The SMILES string of the molecule is CNC(=O)COc1cc2c(F)c(Nc3nc(N4CCN(CC5CCC6(CC5)CN(c5cccc7c5C(=O)N(C5CCC(=O)NC5=O)C7=O)C6)CC4)ncc3Cl)ccc2n(C(C)C)c1=O. The molecule has 0 radical (unpaired) electrons. The van der Waals surface area contributed by atoms with Crippen molar-refractivity contribution in [2.75, 3.05) is 74.6 Å². The van der Waals surface area contributed by atoms with E-state index in [2.05, 4.69) is 35.6 Å². The van der Waals surface area contributed by atoms with Crippen molar-refractivity contribution in [2.45, 2.75) is 64.5 Å². The zero-order chi connectivity index (χ0) is 45.0. The minimum absolute atomic E-state index is 0.0781. The number of rotatable bonds is 11. The van der Waals surface area contributed by atoms with Crippen LogP contribution in [-0.2, 0) is 14.4 Å². The van der Waals surface area contributed by atoms with Crippen LogP contribution in [0, 0.1) is 17.2 Å². The van der Waals surface area contributed by atoms with Crippen LogP contribution in [0.25, 0.3) is 10.9 Å². The summed E-state index contributed by atoms with van der Waals surface area (Å²) in [6, 6.07) is 8.49. The molecule has 0 bridgehead atoms. The van der Waals surface area contributed by atoms with Crippen LogP contribution in [0.4, 0.5) is 27.5 Å². The fourth-order valence-corrected chi connectivity index (χ4v) is 10.1. The second-order valence-corrected chi connectivity index (χ2v) is 18.2. The third-order valence-electron chi connectivity index (χ3n) is 13.4. The maximum atomic E-state index is 16.2. The van der Waals surface area contributed by atoms with Gasteiger partial charge in [-0.1, -0.05) is 17.7 Å². The quantitative estimate of drug-likeness (QED) is 0.181. The van der Waals surface area contributed by atoms with Gasteiger partial charge in [-0.25, -0.2) is 9.37 Å². The van der Waals surface area contributed by atoms with Gasteiger partial charge in [-0.2, -0.15) is 4.98 Å². The number of piperazine rings is 1. The summed E-state index contributed by atoms with van der Waals surface area (Å²) in [4.78, 5) is 93.4. The smallest absolute Gasteiger partial charge is 0.293 e. The van der Waals surface area contributed by atoms with Gasteiger partial charge < -0.3 is 29.7 Å². The number of hydrogen-bond donors (Lipinski definition) is 3. The Morgan fingerprint density at radius 1 is 1.00 bits per heavy atom. The number of benzene rings is 2. The zero-order valence-corrected chi connectivity index (χ0v) is 36.7. The van der Waals surface area contributed by atoms with Gasteiger partial charge >= 0.3 is 0 Å². The molecule has 1 atom stereocenters. The van der Waals surface area contributed by atoms with Crippen LogP contribution in [0.2, 0.25) is 5.02 Å². The molecule has 4 aromatic rings. The molecule has 17 nitrogen and oxygen atoms in total. The molecule has 5 aliphatic rings. The molecule has 4 fully saturated rings. The topological polar surface area (TPSA) is 191 Å². The second kappa shape index (κ2) is 17.1. The molecule has 4 aliphatic heterocycles. The summed E-state index contributed by atoms with van der Waals surface area (Å²) >= 11 is 6.54. The Bertz CT molecular complexity index is 2630. The first kappa shape index (κ1) is 43.1. The number of halogens is 2. The monoisotopic (exact) mass is 896 g/mol. The Balaban J connectivity index is 0.788. The summed E-state index contributed by atoms with van der Waals surface area (Å²) in [6.45, 7) is 8.87. The van der Waals surface area contributed by atoms with E-state index in [0.29, 0.717) is 41.6 Å². The van der Waals surface area contributed by atoms with Crippen LogP contribution in [-0.4, -0.2) is 119 Å². The van der Waals surface area contributed by atoms with E-state index in [4.69, 9.17) is 21.3 Å². The van der Waals surface area contributed by atoms with Crippen LogP contribution < -0.4 is 36.0 Å². The number of carbonyl (C=O) groups is 5. The number of imide groups is 2. The van der Waals surface area contributed by atoms with Gasteiger partial charge in [-0.05, 0) is 82.2 Å². The third-order valence-corrected chi connectivity index (χ3v) is 13.7. The van der Waals surface area contributed by atoms with Gasteiger partial charge in [-0.3, -0.25) is 43.9 Å². The Kier molecular flexibility index (Phi) is 11.5. The molecular weight excluding hydrogens is 847 g/mol. The van der Waals surface area contributed by atoms with Gasteiger partial charge in [0.15, 0.2) is 24.0 Å².